The van der Waals surface area contributed by atoms with Crippen molar-refractivity contribution in [2.75, 3.05) is 35.0 Å². The Morgan fingerprint density at radius 1 is 0.938 bits per heavy atom. The van der Waals surface area contributed by atoms with Gasteiger partial charge in [-0.2, -0.15) is 4.31 Å². The zero-order chi connectivity index (χ0) is 22.9. The maximum absolute atomic E-state index is 12.8. The van der Waals surface area contributed by atoms with Gasteiger partial charge in [-0.05, 0) is 68.1 Å². The number of amides is 1. The van der Waals surface area contributed by atoms with Crippen LogP contribution in [0.3, 0.4) is 0 Å². The Morgan fingerprint density at radius 3 is 2.25 bits per heavy atom. The lowest BCUT2D eigenvalue weighted by Crippen LogP contribution is -2.35. The molecular formula is C22H27N3O5S2. The first-order valence-corrected chi connectivity index (χ1v) is 13.8. The molecule has 172 valence electrons. The van der Waals surface area contributed by atoms with Gasteiger partial charge < -0.3 is 5.32 Å². The molecule has 8 nitrogen and oxygen atoms in total. The third-order valence-electron chi connectivity index (χ3n) is 5.93. The molecule has 2 aromatic rings. The minimum Gasteiger partial charge on any atom is -0.322 e. The molecule has 1 N–H and O–H groups in total. The average Bonchev–Trinajstić information content (AvgIpc) is 3.15. The highest BCUT2D eigenvalue weighted by molar-refractivity contribution is 7.93. The summed E-state index contributed by atoms with van der Waals surface area (Å²) in [5.41, 5.74) is 2.15. The van der Waals surface area contributed by atoms with E-state index in [1.165, 1.54) is 32.9 Å². The zero-order valence-corrected chi connectivity index (χ0v) is 19.6. The fraction of sp³-hybridized carbons (Fsp3) is 0.409. The standard InChI is InChI=1S/C22H27N3O5S2/c1-17-6-9-19(25-14-5-15-31(25,27)28)16-21(17)23-22(26)18-7-10-20(11-8-18)32(29,30)24-12-3-2-4-13-24/h6-11,16H,2-5,12-15H2,1H3,(H,23,26). The van der Waals surface area contributed by atoms with Crippen LogP contribution in [-0.2, 0) is 20.0 Å². The first-order valence-electron chi connectivity index (χ1n) is 10.7. The van der Waals surface area contributed by atoms with Crippen molar-refractivity contribution in [2.45, 2.75) is 37.5 Å². The van der Waals surface area contributed by atoms with Gasteiger partial charge >= 0.3 is 0 Å². The van der Waals surface area contributed by atoms with Gasteiger partial charge in [0.2, 0.25) is 20.0 Å². The van der Waals surface area contributed by atoms with Crippen LogP contribution in [0.2, 0.25) is 0 Å². The van der Waals surface area contributed by atoms with Crippen LogP contribution in [0.4, 0.5) is 11.4 Å². The third kappa shape index (κ3) is 4.53. The quantitative estimate of drug-likeness (QED) is 0.713. The molecule has 2 saturated heterocycles. The van der Waals surface area contributed by atoms with E-state index in [0.29, 0.717) is 43.0 Å². The van der Waals surface area contributed by atoms with Gasteiger partial charge in [-0.25, -0.2) is 16.8 Å². The van der Waals surface area contributed by atoms with Crippen molar-refractivity contribution in [3.63, 3.8) is 0 Å². The number of carbonyl (C=O) groups is 1. The molecule has 1 amide bonds. The van der Waals surface area contributed by atoms with E-state index in [2.05, 4.69) is 5.32 Å². The number of sulfonamides is 2. The summed E-state index contributed by atoms with van der Waals surface area (Å²) in [6.45, 7) is 3.29. The molecule has 0 unspecified atom stereocenters. The van der Waals surface area contributed by atoms with Gasteiger partial charge in [0.25, 0.3) is 5.91 Å². The molecule has 0 aliphatic carbocycles. The van der Waals surface area contributed by atoms with Crippen LogP contribution < -0.4 is 9.62 Å². The van der Waals surface area contributed by atoms with Crippen molar-refractivity contribution in [2.24, 2.45) is 0 Å². The normalized spacial score (nSPS) is 19.1. The summed E-state index contributed by atoms with van der Waals surface area (Å²) in [6.07, 6.45) is 3.33. The van der Waals surface area contributed by atoms with Crippen LogP contribution in [0.25, 0.3) is 0 Å². The van der Waals surface area contributed by atoms with Crippen molar-refractivity contribution in [3.8, 4) is 0 Å². The van der Waals surface area contributed by atoms with Crippen molar-refractivity contribution < 1.29 is 21.6 Å². The number of nitrogens with zero attached hydrogens (tertiary/aromatic N) is 2. The molecule has 2 heterocycles. The summed E-state index contributed by atoms with van der Waals surface area (Å²) in [4.78, 5) is 13.0. The summed E-state index contributed by atoms with van der Waals surface area (Å²) in [5, 5.41) is 2.82. The molecule has 10 heteroatoms. The smallest absolute Gasteiger partial charge is 0.255 e. The van der Waals surface area contributed by atoms with E-state index in [9.17, 15) is 21.6 Å². The zero-order valence-electron chi connectivity index (χ0n) is 18.0. The van der Waals surface area contributed by atoms with E-state index in [-0.39, 0.29) is 10.6 Å². The van der Waals surface area contributed by atoms with Gasteiger partial charge in [-0.1, -0.05) is 12.5 Å². The van der Waals surface area contributed by atoms with Crippen LogP contribution >= 0.6 is 0 Å². The molecule has 0 bridgehead atoms. The van der Waals surface area contributed by atoms with Gasteiger partial charge in [0.1, 0.15) is 0 Å². The van der Waals surface area contributed by atoms with E-state index < -0.39 is 26.0 Å². The fourth-order valence-electron chi connectivity index (χ4n) is 4.06. The van der Waals surface area contributed by atoms with Crippen molar-refractivity contribution in [1.82, 2.24) is 4.31 Å². The number of nitrogens with one attached hydrogen (secondary N) is 1. The first kappa shape index (κ1) is 22.8. The Morgan fingerprint density at radius 2 is 1.62 bits per heavy atom. The molecule has 0 aromatic heterocycles. The highest BCUT2D eigenvalue weighted by atomic mass is 32.2. The van der Waals surface area contributed by atoms with Crippen LogP contribution in [0.1, 0.15) is 41.6 Å². The van der Waals surface area contributed by atoms with E-state index in [4.69, 9.17) is 0 Å². The number of piperidine rings is 1. The third-order valence-corrected chi connectivity index (χ3v) is 9.71. The Hall–Kier alpha value is -2.43. The molecule has 4 rings (SSSR count). The summed E-state index contributed by atoms with van der Waals surface area (Å²) in [5.74, 6) is -0.272. The van der Waals surface area contributed by atoms with Gasteiger partial charge in [-0.15, -0.1) is 0 Å². The fourth-order valence-corrected chi connectivity index (χ4v) is 7.13. The summed E-state index contributed by atoms with van der Waals surface area (Å²) < 4.78 is 52.9. The number of rotatable bonds is 5. The number of anilines is 2. The van der Waals surface area contributed by atoms with Crippen LogP contribution in [0.15, 0.2) is 47.4 Å². The topological polar surface area (TPSA) is 104 Å². The monoisotopic (exact) mass is 477 g/mol. The molecule has 0 radical (unpaired) electrons. The minimum atomic E-state index is -3.56. The number of hydrogen-bond acceptors (Lipinski definition) is 5. The molecule has 2 fully saturated rings. The van der Waals surface area contributed by atoms with Crippen LogP contribution in [0.5, 0.6) is 0 Å². The van der Waals surface area contributed by atoms with Crippen LogP contribution in [0, 0.1) is 6.92 Å². The summed E-state index contributed by atoms with van der Waals surface area (Å²) in [7, 11) is -6.88. The number of hydrogen-bond donors (Lipinski definition) is 1. The highest BCUT2D eigenvalue weighted by Gasteiger charge is 2.29. The lowest BCUT2D eigenvalue weighted by molar-refractivity contribution is 0.102. The molecule has 0 atom stereocenters. The minimum absolute atomic E-state index is 0.120. The summed E-state index contributed by atoms with van der Waals surface area (Å²) >= 11 is 0. The second kappa shape index (κ2) is 8.84. The van der Waals surface area contributed by atoms with Gasteiger partial charge in [0.05, 0.1) is 16.3 Å². The molecule has 2 aliphatic heterocycles. The highest BCUT2D eigenvalue weighted by Crippen LogP contribution is 2.29. The lowest BCUT2D eigenvalue weighted by Gasteiger charge is -2.25. The second-order valence-electron chi connectivity index (χ2n) is 8.18. The van der Waals surface area contributed by atoms with Crippen LogP contribution in [-0.4, -0.2) is 52.4 Å². The van der Waals surface area contributed by atoms with Crippen molar-refractivity contribution >= 4 is 37.3 Å². The van der Waals surface area contributed by atoms with Gasteiger partial charge in [0.15, 0.2) is 0 Å². The van der Waals surface area contributed by atoms with Gasteiger partial charge in [0, 0.05) is 30.9 Å². The SMILES string of the molecule is Cc1ccc(N2CCCS2(=O)=O)cc1NC(=O)c1ccc(S(=O)(=O)N2CCCCC2)cc1. The van der Waals surface area contributed by atoms with Crippen molar-refractivity contribution in [1.29, 1.82) is 0 Å². The summed E-state index contributed by atoms with van der Waals surface area (Å²) in [6, 6.07) is 11.1. The average molecular weight is 478 g/mol. The van der Waals surface area contributed by atoms with Crippen molar-refractivity contribution in [3.05, 3.63) is 53.6 Å². The Kier molecular flexibility index (Phi) is 6.28. The van der Waals surface area contributed by atoms with E-state index in [1.54, 1.807) is 18.2 Å². The molecule has 0 saturated carbocycles. The number of aryl methyl sites for hydroxylation is 1. The maximum Gasteiger partial charge on any atom is 0.255 e. The first-order chi connectivity index (χ1) is 15.2. The largest absolute Gasteiger partial charge is 0.322 e. The number of benzene rings is 2. The molecule has 2 aliphatic rings. The lowest BCUT2D eigenvalue weighted by atomic mass is 10.1. The second-order valence-corrected chi connectivity index (χ2v) is 12.1. The molecular weight excluding hydrogens is 450 g/mol. The number of carbonyl (C=O) groups excluding carboxylic acids is 1. The van der Waals surface area contributed by atoms with E-state index in [1.807, 2.05) is 6.92 Å². The predicted molar refractivity (Wildman–Crippen MR) is 124 cm³/mol. The maximum atomic E-state index is 12.8. The Labute approximate surface area is 189 Å². The van der Waals surface area contributed by atoms with E-state index in [0.717, 1.165) is 24.8 Å². The Balaban J connectivity index is 1.51. The van der Waals surface area contributed by atoms with Gasteiger partial charge in [-0.3, -0.25) is 9.10 Å². The Bertz CT molecular complexity index is 1220. The molecule has 0 spiro atoms. The predicted octanol–water partition coefficient (Wildman–Crippen LogP) is 2.96. The molecule has 32 heavy (non-hydrogen) atoms. The molecule has 2 aromatic carbocycles. The van der Waals surface area contributed by atoms with E-state index >= 15 is 0 Å².